The maximum Gasteiger partial charge on any atom is 0.0589 e. The van der Waals surface area contributed by atoms with Gasteiger partial charge in [0.2, 0.25) is 0 Å². The number of likely N-dealkylation sites (N-methyl/N-ethyl adjacent to an activating group) is 1. The number of rotatable bonds is 7. The van der Waals surface area contributed by atoms with Crippen molar-refractivity contribution >= 4 is 0 Å². The van der Waals surface area contributed by atoms with E-state index >= 15 is 0 Å². The minimum atomic E-state index is 0.730. The second-order valence-corrected chi connectivity index (χ2v) is 3.40. The molecule has 0 aliphatic heterocycles. The molecule has 0 unspecified atom stereocenters. The first-order chi connectivity index (χ1) is 7.15. The van der Waals surface area contributed by atoms with Crippen molar-refractivity contribution in [1.29, 1.82) is 0 Å². The highest BCUT2D eigenvalue weighted by Crippen LogP contribution is 2.06. The Balaban J connectivity index is 4.30. The molecule has 0 rings (SSSR count). The predicted octanol–water partition coefficient (Wildman–Crippen LogP) is 1.54. The van der Waals surface area contributed by atoms with E-state index in [1.165, 1.54) is 0 Å². The molecule has 3 nitrogen and oxygen atoms in total. The predicted molar refractivity (Wildman–Crippen MR) is 65.6 cm³/mol. The van der Waals surface area contributed by atoms with E-state index in [2.05, 4.69) is 11.5 Å². The summed E-state index contributed by atoms with van der Waals surface area (Å²) in [5, 5.41) is 0. The van der Waals surface area contributed by atoms with Gasteiger partial charge in [-0.2, -0.15) is 0 Å². The van der Waals surface area contributed by atoms with Crippen molar-refractivity contribution in [1.82, 2.24) is 4.90 Å². The highest BCUT2D eigenvalue weighted by molar-refractivity contribution is 5.31. The average molecular weight is 210 g/mol. The largest absolute Gasteiger partial charge is 0.399 e. The van der Waals surface area contributed by atoms with Crippen molar-refractivity contribution in [2.24, 2.45) is 5.73 Å². The van der Waals surface area contributed by atoms with E-state index in [1.807, 2.05) is 26.1 Å². The Labute approximate surface area is 92.9 Å². The Kier molecular flexibility index (Phi) is 7.68. The number of hydrogen-bond acceptors (Lipinski definition) is 3. The van der Waals surface area contributed by atoms with Crippen LogP contribution >= 0.6 is 0 Å². The highest BCUT2D eigenvalue weighted by atomic mass is 16.5. The fraction of sp³-hybridized carbons (Fsp3) is 0.500. The summed E-state index contributed by atoms with van der Waals surface area (Å²) in [5.41, 5.74) is 7.76. The van der Waals surface area contributed by atoms with Crippen molar-refractivity contribution in [3.8, 4) is 0 Å². The smallest absolute Gasteiger partial charge is 0.0589 e. The topological polar surface area (TPSA) is 38.5 Å². The summed E-state index contributed by atoms with van der Waals surface area (Å²) in [4.78, 5) is 2.16. The standard InChI is InChI=1S/C12H22N2O/c1-5-7-11(12(13)6-2)10-14(3)8-9-15-4/h5-7H,1,8-10,13H2,2-4H3/b11-7-,12-6+. The van der Waals surface area contributed by atoms with Gasteiger partial charge in [0, 0.05) is 25.9 Å². The van der Waals surface area contributed by atoms with Crippen LogP contribution in [0.4, 0.5) is 0 Å². The minimum Gasteiger partial charge on any atom is -0.399 e. The Bertz CT molecular complexity index is 244. The lowest BCUT2D eigenvalue weighted by atomic mass is 10.1. The normalized spacial score (nSPS) is 13.3. The molecule has 0 saturated carbocycles. The lowest BCUT2D eigenvalue weighted by Crippen LogP contribution is -2.26. The van der Waals surface area contributed by atoms with Gasteiger partial charge in [0.05, 0.1) is 6.61 Å². The van der Waals surface area contributed by atoms with Crippen LogP contribution in [0.1, 0.15) is 6.92 Å². The van der Waals surface area contributed by atoms with E-state index in [0.29, 0.717) is 0 Å². The van der Waals surface area contributed by atoms with E-state index < -0.39 is 0 Å². The molecule has 0 aliphatic carbocycles. The number of hydrogen-bond donors (Lipinski definition) is 1. The van der Waals surface area contributed by atoms with Gasteiger partial charge in [-0.3, -0.25) is 4.90 Å². The Morgan fingerprint density at radius 2 is 2.20 bits per heavy atom. The molecule has 0 atom stereocenters. The molecule has 0 amide bonds. The van der Waals surface area contributed by atoms with Crippen LogP contribution in [0.25, 0.3) is 0 Å². The summed E-state index contributed by atoms with van der Waals surface area (Å²) < 4.78 is 5.01. The summed E-state index contributed by atoms with van der Waals surface area (Å²) in [6.45, 7) is 8.05. The number of methoxy groups -OCH3 is 1. The summed E-state index contributed by atoms with van der Waals surface area (Å²) in [6.07, 6.45) is 5.61. The molecule has 0 aromatic heterocycles. The number of nitrogens with zero attached hydrogens (tertiary/aromatic N) is 1. The maximum atomic E-state index is 5.87. The van der Waals surface area contributed by atoms with Gasteiger partial charge < -0.3 is 10.5 Å². The van der Waals surface area contributed by atoms with Crippen LogP contribution in [0.5, 0.6) is 0 Å². The third-order valence-corrected chi connectivity index (χ3v) is 2.12. The molecule has 0 fully saturated rings. The summed E-state index contributed by atoms with van der Waals surface area (Å²) in [6, 6.07) is 0. The van der Waals surface area contributed by atoms with Gasteiger partial charge in [0.1, 0.15) is 0 Å². The van der Waals surface area contributed by atoms with E-state index in [4.69, 9.17) is 10.5 Å². The van der Waals surface area contributed by atoms with Crippen LogP contribution in [0.15, 0.2) is 36.1 Å². The van der Waals surface area contributed by atoms with Gasteiger partial charge in [-0.15, -0.1) is 0 Å². The first-order valence-corrected chi connectivity index (χ1v) is 5.07. The number of allylic oxidation sites excluding steroid dienone is 3. The monoisotopic (exact) mass is 210 g/mol. The van der Waals surface area contributed by atoms with E-state index in [9.17, 15) is 0 Å². The molecule has 0 aliphatic rings. The van der Waals surface area contributed by atoms with Crippen molar-refractivity contribution in [3.05, 3.63) is 36.1 Å². The highest BCUT2D eigenvalue weighted by Gasteiger charge is 2.04. The first-order valence-electron chi connectivity index (χ1n) is 5.07. The van der Waals surface area contributed by atoms with Crippen LogP contribution in [-0.2, 0) is 4.74 Å². The molecule has 0 aromatic rings. The maximum absolute atomic E-state index is 5.87. The molecule has 0 saturated heterocycles. The zero-order chi connectivity index (χ0) is 11.7. The second kappa shape index (κ2) is 8.26. The molecule has 0 radical (unpaired) electrons. The second-order valence-electron chi connectivity index (χ2n) is 3.40. The van der Waals surface area contributed by atoms with Gasteiger partial charge in [0.25, 0.3) is 0 Å². The molecule has 0 heterocycles. The van der Waals surface area contributed by atoms with Crippen molar-refractivity contribution in [2.75, 3.05) is 33.9 Å². The molecular formula is C12H22N2O. The zero-order valence-corrected chi connectivity index (χ0v) is 9.99. The van der Waals surface area contributed by atoms with Gasteiger partial charge in [-0.1, -0.05) is 24.8 Å². The Morgan fingerprint density at radius 3 is 2.67 bits per heavy atom. The summed E-state index contributed by atoms with van der Waals surface area (Å²) in [7, 11) is 3.74. The van der Waals surface area contributed by atoms with Gasteiger partial charge in [-0.05, 0) is 19.5 Å². The van der Waals surface area contributed by atoms with Gasteiger partial charge in [0.15, 0.2) is 0 Å². The van der Waals surface area contributed by atoms with Crippen molar-refractivity contribution in [2.45, 2.75) is 6.92 Å². The summed E-state index contributed by atoms with van der Waals surface area (Å²) in [5.74, 6) is 0. The lowest BCUT2D eigenvalue weighted by Gasteiger charge is -2.18. The van der Waals surface area contributed by atoms with Crippen LogP contribution in [0, 0.1) is 0 Å². The van der Waals surface area contributed by atoms with Crippen LogP contribution in [-0.4, -0.2) is 38.8 Å². The molecule has 2 N–H and O–H groups in total. The fourth-order valence-electron chi connectivity index (χ4n) is 1.18. The Hall–Kier alpha value is -1.06. The van der Waals surface area contributed by atoms with Crippen LogP contribution in [0.2, 0.25) is 0 Å². The van der Waals surface area contributed by atoms with Gasteiger partial charge >= 0.3 is 0 Å². The third kappa shape index (κ3) is 6.10. The molecule has 15 heavy (non-hydrogen) atoms. The van der Waals surface area contributed by atoms with E-state index in [0.717, 1.165) is 31.0 Å². The molecule has 0 bridgehead atoms. The van der Waals surface area contributed by atoms with Gasteiger partial charge in [-0.25, -0.2) is 0 Å². The molecule has 0 spiro atoms. The fourth-order valence-corrected chi connectivity index (χ4v) is 1.18. The quantitative estimate of drug-likeness (QED) is 0.648. The van der Waals surface area contributed by atoms with Crippen molar-refractivity contribution in [3.63, 3.8) is 0 Å². The van der Waals surface area contributed by atoms with E-state index in [-0.39, 0.29) is 0 Å². The minimum absolute atomic E-state index is 0.730. The van der Waals surface area contributed by atoms with Crippen molar-refractivity contribution < 1.29 is 4.74 Å². The molecular weight excluding hydrogens is 188 g/mol. The number of nitrogens with two attached hydrogens (primary N) is 1. The lowest BCUT2D eigenvalue weighted by molar-refractivity contribution is 0.165. The zero-order valence-electron chi connectivity index (χ0n) is 9.99. The van der Waals surface area contributed by atoms with E-state index in [1.54, 1.807) is 13.2 Å². The average Bonchev–Trinajstić information content (AvgIpc) is 2.24. The van der Waals surface area contributed by atoms with Crippen LogP contribution in [0.3, 0.4) is 0 Å². The SMILES string of the molecule is C=C/C=C(CN(C)CCOC)\C(N)=C/C. The number of ether oxygens (including phenoxy) is 1. The first kappa shape index (κ1) is 13.9. The summed E-state index contributed by atoms with van der Waals surface area (Å²) >= 11 is 0. The molecule has 0 aromatic carbocycles. The van der Waals surface area contributed by atoms with Crippen LogP contribution < -0.4 is 5.73 Å². The third-order valence-electron chi connectivity index (χ3n) is 2.12. The molecule has 3 heteroatoms. The molecule has 86 valence electrons. The Morgan fingerprint density at radius 1 is 1.53 bits per heavy atom.